The summed E-state index contributed by atoms with van der Waals surface area (Å²) < 4.78 is 32.0. The van der Waals surface area contributed by atoms with Gasteiger partial charge in [0.2, 0.25) is 10.0 Å². The van der Waals surface area contributed by atoms with Crippen LogP contribution in [0.4, 0.5) is 0 Å². The number of ether oxygens (including phenoxy) is 1. The van der Waals surface area contributed by atoms with Gasteiger partial charge in [-0.25, -0.2) is 8.42 Å². The summed E-state index contributed by atoms with van der Waals surface area (Å²) in [6.45, 7) is 4.55. The Labute approximate surface area is 126 Å². The monoisotopic (exact) mass is 320 g/mol. The highest BCUT2D eigenvalue weighted by atomic mass is 35.5. The minimum Gasteiger partial charge on any atom is -0.495 e. The Morgan fingerprint density at radius 2 is 2.00 bits per heavy atom. The fourth-order valence-electron chi connectivity index (χ4n) is 2.50. The predicted octanol–water partition coefficient (Wildman–Crippen LogP) is 1.46. The quantitative estimate of drug-likeness (QED) is 0.915. The van der Waals surface area contributed by atoms with Crippen molar-refractivity contribution in [1.29, 1.82) is 0 Å². The minimum absolute atomic E-state index is 0. The average Bonchev–Trinajstić information content (AvgIpc) is 2.74. The lowest BCUT2D eigenvalue weighted by atomic mass is 10.1. The van der Waals surface area contributed by atoms with E-state index in [2.05, 4.69) is 0 Å². The Hall–Kier alpha value is -0.820. The van der Waals surface area contributed by atoms with Crippen LogP contribution in [0.25, 0.3) is 0 Å². The van der Waals surface area contributed by atoms with Crippen molar-refractivity contribution < 1.29 is 13.2 Å². The van der Waals surface area contributed by atoms with E-state index in [0.29, 0.717) is 30.8 Å². The number of methoxy groups -OCH3 is 1. The number of rotatable bonds is 3. The topological polar surface area (TPSA) is 72.6 Å². The summed E-state index contributed by atoms with van der Waals surface area (Å²) in [5, 5.41) is 0. The molecule has 1 saturated heterocycles. The van der Waals surface area contributed by atoms with Crippen molar-refractivity contribution in [3.63, 3.8) is 0 Å². The van der Waals surface area contributed by atoms with Crippen LogP contribution in [-0.4, -0.2) is 39.0 Å². The molecule has 1 aromatic carbocycles. The summed E-state index contributed by atoms with van der Waals surface area (Å²) in [7, 11) is -2.04. The Balaban J connectivity index is 0.00000200. The maximum Gasteiger partial charge on any atom is 0.247 e. The van der Waals surface area contributed by atoms with Gasteiger partial charge in [0.15, 0.2) is 0 Å². The molecule has 0 amide bonds. The normalized spacial score (nSPS) is 19.7. The smallest absolute Gasteiger partial charge is 0.247 e. The van der Waals surface area contributed by atoms with Gasteiger partial charge in [-0.05, 0) is 37.5 Å². The molecule has 114 valence electrons. The van der Waals surface area contributed by atoms with Gasteiger partial charge in [-0.3, -0.25) is 0 Å². The third kappa shape index (κ3) is 3.09. The SMILES string of the molecule is COc1cc(C)cc(C)c1S(=O)(=O)N1CC[C@@H](N)C1.Cl. The molecule has 1 atom stereocenters. The first kappa shape index (κ1) is 17.2. The summed E-state index contributed by atoms with van der Waals surface area (Å²) in [6, 6.07) is 3.52. The Kier molecular flexibility index (Phi) is 5.43. The molecule has 2 rings (SSSR count). The number of benzene rings is 1. The van der Waals surface area contributed by atoms with Gasteiger partial charge < -0.3 is 10.5 Å². The molecule has 0 spiro atoms. The van der Waals surface area contributed by atoms with E-state index in [1.165, 1.54) is 11.4 Å². The van der Waals surface area contributed by atoms with Crippen molar-refractivity contribution in [3.05, 3.63) is 23.3 Å². The standard InChI is InChI=1S/C13H20N2O3S.ClH/c1-9-6-10(2)13(12(7-9)18-3)19(16,17)15-5-4-11(14)8-15;/h6-7,11H,4-5,8,14H2,1-3H3;1H/t11-;/m1./s1. The summed E-state index contributed by atoms with van der Waals surface area (Å²) in [6.07, 6.45) is 0.701. The molecule has 7 heteroatoms. The van der Waals surface area contributed by atoms with Crippen LogP contribution in [0.2, 0.25) is 0 Å². The van der Waals surface area contributed by atoms with Gasteiger partial charge in [0, 0.05) is 19.1 Å². The maximum absolute atomic E-state index is 12.7. The van der Waals surface area contributed by atoms with E-state index in [0.717, 1.165) is 5.56 Å². The lowest BCUT2D eigenvalue weighted by Crippen LogP contribution is -2.32. The lowest BCUT2D eigenvalue weighted by molar-refractivity contribution is 0.397. The second-order valence-corrected chi connectivity index (χ2v) is 6.90. The van der Waals surface area contributed by atoms with Crippen LogP contribution in [0.5, 0.6) is 5.75 Å². The molecule has 20 heavy (non-hydrogen) atoms. The van der Waals surface area contributed by atoms with Crippen molar-refractivity contribution in [2.75, 3.05) is 20.2 Å². The molecule has 0 saturated carbocycles. The van der Waals surface area contributed by atoms with Gasteiger partial charge in [0.1, 0.15) is 10.6 Å². The van der Waals surface area contributed by atoms with E-state index in [-0.39, 0.29) is 23.3 Å². The molecule has 0 aliphatic carbocycles. The molecular formula is C13H21ClN2O3S. The van der Waals surface area contributed by atoms with Gasteiger partial charge in [0.25, 0.3) is 0 Å². The van der Waals surface area contributed by atoms with E-state index in [1.807, 2.05) is 13.0 Å². The average molecular weight is 321 g/mol. The van der Waals surface area contributed by atoms with Crippen molar-refractivity contribution in [1.82, 2.24) is 4.31 Å². The second-order valence-electron chi connectivity index (χ2n) is 5.03. The first-order valence-electron chi connectivity index (χ1n) is 6.27. The van der Waals surface area contributed by atoms with Gasteiger partial charge >= 0.3 is 0 Å². The molecule has 1 aliphatic rings. The van der Waals surface area contributed by atoms with Crippen molar-refractivity contribution in [2.24, 2.45) is 5.73 Å². The first-order valence-corrected chi connectivity index (χ1v) is 7.71. The Morgan fingerprint density at radius 1 is 1.35 bits per heavy atom. The molecule has 1 heterocycles. The molecule has 0 bridgehead atoms. The van der Waals surface area contributed by atoms with Crippen LogP contribution in [0, 0.1) is 13.8 Å². The van der Waals surface area contributed by atoms with E-state index in [9.17, 15) is 8.42 Å². The van der Waals surface area contributed by atoms with Gasteiger partial charge in [-0.15, -0.1) is 12.4 Å². The van der Waals surface area contributed by atoms with E-state index in [1.54, 1.807) is 13.0 Å². The zero-order valence-electron chi connectivity index (χ0n) is 11.9. The molecule has 1 fully saturated rings. The predicted molar refractivity (Wildman–Crippen MR) is 81.1 cm³/mol. The maximum atomic E-state index is 12.7. The van der Waals surface area contributed by atoms with Crippen molar-refractivity contribution >= 4 is 22.4 Å². The number of sulfonamides is 1. The van der Waals surface area contributed by atoms with Crippen LogP contribution in [0.1, 0.15) is 17.5 Å². The highest BCUT2D eigenvalue weighted by Crippen LogP contribution is 2.32. The number of hydrogen-bond donors (Lipinski definition) is 1. The van der Waals surface area contributed by atoms with E-state index >= 15 is 0 Å². The number of nitrogens with two attached hydrogens (primary N) is 1. The molecule has 0 aromatic heterocycles. The highest BCUT2D eigenvalue weighted by molar-refractivity contribution is 7.89. The van der Waals surface area contributed by atoms with Crippen molar-refractivity contribution in [3.8, 4) is 5.75 Å². The van der Waals surface area contributed by atoms with Gasteiger partial charge in [-0.2, -0.15) is 4.31 Å². The third-order valence-electron chi connectivity index (χ3n) is 3.39. The first-order chi connectivity index (χ1) is 8.86. The van der Waals surface area contributed by atoms with Crippen LogP contribution in [0.3, 0.4) is 0 Å². The van der Waals surface area contributed by atoms with Crippen molar-refractivity contribution in [2.45, 2.75) is 31.2 Å². The fourth-order valence-corrected chi connectivity index (χ4v) is 4.35. The number of nitrogens with zero attached hydrogens (tertiary/aromatic N) is 1. The largest absolute Gasteiger partial charge is 0.495 e. The molecule has 1 aromatic rings. The zero-order chi connectivity index (χ0) is 14.2. The highest BCUT2D eigenvalue weighted by Gasteiger charge is 2.34. The van der Waals surface area contributed by atoms with Gasteiger partial charge in [-0.1, -0.05) is 6.07 Å². The molecule has 5 nitrogen and oxygen atoms in total. The summed E-state index contributed by atoms with van der Waals surface area (Å²) in [5.41, 5.74) is 7.48. The summed E-state index contributed by atoms with van der Waals surface area (Å²) >= 11 is 0. The Morgan fingerprint density at radius 3 is 2.50 bits per heavy atom. The van der Waals surface area contributed by atoms with Crippen LogP contribution >= 0.6 is 12.4 Å². The van der Waals surface area contributed by atoms with E-state index < -0.39 is 10.0 Å². The van der Waals surface area contributed by atoms with E-state index in [4.69, 9.17) is 10.5 Å². The molecular weight excluding hydrogens is 300 g/mol. The van der Waals surface area contributed by atoms with Crippen LogP contribution < -0.4 is 10.5 Å². The lowest BCUT2D eigenvalue weighted by Gasteiger charge is -2.20. The fraction of sp³-hybridized carbons (Fsp3) is 0.538. The molecule has 2 N–H and O–H groups in total. The molecule has 1 aliphatic heterocycles. The Bertz CT molecular complexity index is 590. The van der Waals surface area contributed by atoms with Gasteiger partial charge in [0.05, 0.1) is 7.11 Å². The summed E-state index contributed by atoms with van der Waals surface area (Å²) in [5.74, 6) is 0.401. The molecule has 0 radical (unpaired) electrons. The number of hydrogen-bond acceptors (Lipinski definition) is 4. The minimum atomic E-state index is -3.53. The third-order valence-corrected chi connectivity index (χ3v) is 5.44. The van der Waals surface area contributed by atoms with Crippen LogP contribution in [0.15, 0.2) is 17.0 Å². The number of halogens is 1. The number of aryl methyl sites for hydroxylation is 2. The zero-order valence-corrected chi connectivity index (χ0v) is 13.6. The molecule has 0 unspecified atom stereocenters. The van der Waals surface area contributed by atoms with Crippen LogP contribution in [-0.2, 0) is 10.0 Å². The summed E-state index contributed by atoms with van der Waals surface area (Å²) in [4.78, 5) is 0.259. The second kappa shape index (κ2) is 6.30.